The molecule has 16 heavy (non-hydrogen) atoms. The summed E-state index contributed by atoms with van der Waals surface area (Å²) in [4.78, 5) is 0. The molecule has 0 radical (unpaired) electrons. The summed E-state index contributed by atoms with van der Waals surface area (Å²) in [5, 5.41) is 9.97. The summed E-state index contributed by atoms with van der Waals surface area (Å²) in [6.07, 6.45) is -0.561. The summed E-state index contributed by atoms with van der Waals surface area (Å²) in [6.45, 7) is 1.30. The van der Waals surface area contributed by atoms with E-state index in [1.54, 1.807) is 7.11 Å². The Kier molecular flexibility index (Phi) is 3.14. The number of nitrogens with two attached hydrogens (primary N) is 1. The summed E-state index contributed by atoms with van der Waals surface area (Å²) in [6, 6.07) is 7.69. The largest absolute Gasteiger partial charge is 0.497 e. The Hall–Kier alpha value is -1.10. The zero-order valence-corrected chi connectivity index (χ0v) is 9.35. The van der Waals surface area contributed by atoms with E-state index in [1.165, 1.54) is 0 Å². The molecule has 1 atom stereocenters. The second kappa shape index (κ2) is 4.41. The Balaban J connectivity index is 2.26. The number of hydrogen-bond acceptors (Lipinski definition) is 4. The van der Waals surface area contributed by atoms with Crippen LogP contribution in [0.5, 0.6) is 5.75 Å². The number of ether oxygens (including phenoxy) is 2. The summed E-state index contributed by atoms with van der Waals surface area (Å²) in [5.41, 5.74) is 6.25. The van der Waals surface area contributed by atoms with E-state index in [9.17, 15) is 5.11 Å². The summed E-state index contributed by atoms with van der Waals surface area (Å²) in [5.74, 6) is 0.807. The van der Waals surface area contributed by atoms with Gasteiger partial charge in [0, 0.05) is 6.54 Å². The van der Waals surface area contributed by atoms with Crippen LogP contribution in [0, 0.1) is 0 Å². The standard InChI is InChI=1S/C12H17NO3/c1-15-10-4-2-9(3-5-10)12(7-16-8-12)11(14)6-13/h2-5,11,14H,6-8,13H2,1H3. The maximum absolute atomic E-state index is 9.97. The van der Waals surface area contributed by atoms with Gasteiger partial charge in [-0.3, -0.25) is 0 Å². The summed E-state index contributed by atoms with van der Waals surface area (Å²) in [7, 11) is 1.63. The van der Waals surface area contributed by atoms with E-state index >= 15 is 0 Å². The fourth-order valence-corrected chi connectivity index (χ4v) is 2.02. The highest BCUT2D eigenvalue weighted by atomic mass is 16.5. The molecule has 0 aromatic heterocycles. The maximum Gasteiger partial charge on any atom is 0.118 e. The zero-order valence-electron chi connectivity index (χ0n) is 9.35. The topological polar surface area (TPSA) is 64.7 Å². The molecule has 4 heteroatoms. The second-order valence-electron chi connectivity index (χ2n) is 4.13. The molecule has 3 N–H and O–H groups in total. The van der Waals surface area contributed by atoms with Gasteiger partial charge in [0.1, 0.15) is 5.75 Å². The van der Waals surface area contributed by atoms with Crippen molar-refractivity contribution >= 4 is 0 Å². The van der Waals surface area contributed by atoms with Gasteiger partial charge in [-0.2, -0.15) is 0 Å². The fourth-order valence-electron chi connectivity index (χ4n) is 2.02. The molecule has 0 saturated carbocycles. The van der Waals surface area contributed by atoms with E-state index in [-0.39, 0.29) is 12.0 Å². The average Bonchev–Trinajstić information content (AvgIpc) is 2.28. The van der Waals surface area contributed by atoms with E-state index < -0.39 is 6.10 Å². The van der Waals surface area contributed by atoms with Crippen molar-refractivity contribution < 1.29 is 14.6 Å². The molecule has 1 saturated heterocycles. The van der Waals surface area contributed by atoms with Crippen LogP contribution < -0.4 is 10.5 Å². The van der Waals surface area contributed by atoms with E-state index in [2.05, 4.69) is 0 Å². The van der Waals surface area contributed by atoms with Crippen LogP contribution in [-0.4, -0.2) is 38.1 Å². The molecular formula is C12H17NO3. The van der Waals surface area contributed by atoms with Crippen LogP contribution in [-0.2, 0) is 10.2 Å². The molecule has 2 rings (SSSR count). The van der Waals surface area contributed by atoms with Crippen molar-refractivity contribution in [1.82, 2.24) is 0 Å². The first-order valence-electron chi connectivity index (χ1n) is 5.33. The average molecular weight is 223 g/mol. The second-order valence-corrected chi connectivity index (χ2v) is 4.13. The molecule has 1 aromatic carbocycles. The first-order chi connectivity index (χ1) is 7.73. The van der Waals surface area contributed by atoms with Gasteiger partial charge in [0.25, 0.3) is 0 Å². The van der Waals surface area contributed by atoms with Gasteiger partial charge in [-0.05, 0) is 17.7 Å². The maximum atomic E-state index is 9.97. The molecule has 1 aromatic rings. The zero-order chi connectivity index (χ0) is 11.6. The Morgan fingerprint density at radius 3 is 2.44 bits per heavy atom. The van der Waals surface area contributed by atoms with Gasteiger partial charge in [-0.1, -0.05) is 12.1 Å². The van der Waals surface area contributed by atoms with Crippen LogP contribution in [0.4, 0.5) is 0 Å². The number of methoxy groups -OCH3 is 1. The highest BCUT2D eigenvalue weighted by Gasteiger charge is 2.46. The molecule has 4 nitrogen and oxygen atoms in total. The van der Waals surface area contributed by atoms with Gasteiger partial charge < -0.3 is 20.3 Å². The number of aliphatic hydroxyl groups is 1. The Labute approximate surface area is 95.0 Å². The van der Waals surface area contributed by atoms with E-state index in [0.29, 0.717) is 13.2 Å². The molecule has 1 aliphatic rings. The molecule has 0 bridgehead atoms. The lowest BCUT2D eigenvalue weighted by Gasteiger charge is -2.45. The van der Waals surface area contributed by atoms with Crippen molar-refractivity contribution in [3.05, 3.63) is 29.8 Å². The van der Waals surface area contributed by atoms with E-state index in [1.807, 2.05) is 24.3 Å². The third-order valence-electron chi connectivity index (χ3n) is 3.25. The van der Waals surface area contributed by atoms with Gasteiger partial charge >= 0.3 is 0 Å². The lowest BCUT2D eigenvalue weighted by Crippen LogP contribution is -2.57. The summed E-state index contributed by atoms with van der Waals surface area (Å²) < 4.78 is 10.3. The minimum atomic E-state index is -0.561. The Morgan fingerprint density at radius 2 is 2.06 bits per heavy atom. The highest BCUT2D eigenvalue weighted by molar-refractivity contribution is 5.35. The molecule has 1 unspecified atom stereocenters. The Bertz CT molecular complexity index is 346. The van der Waals surface area contributed by atoms with Crippen molar-refractivity contribution in [3.63, 3.8) is 0 Å². The molecule has 1 aliphatic heterocycles. The normalized spacial score (nSPS) is 19.9. The van der Waals surface area contributed by atoms with Gasteiger partial charge in [0.05, 0.1) is 31.8 Å². The van der Waals surface area contributed by atoms with Crippen molar-refractivity contribution in [3.8, 4) is 5.75 Å². The molecule has 0 spiro atoms. The molecule has 1 heterocycles. The molecule has 0 amide bonds. The first kappa shape index (κ1) is 11.4. The SMILES string of the molecule is COc1ccc(C2(C(O)CN)COC2)cc1. The van der Waals surface area contributed by atoms with E-state index in [4.69, 9.17) is 15.2 Å². The van der Waals surface area contributed by atoms with Gasteiger partial charge in [-0.15, -0.1) is 0 Å². The quantitative estimate of drug-likeness (QED) is 0.769. The van der Waals surface area contributed by atoms with Crippen LogP contribution in [0.25, 0.3) is 0 Å². The van der Waals surface area contributed by atoms with Gasteiger partial charge in [-0.25, -0.2) is 0 Å². The Morgan fingerprint density at radius 1 is 1.44 bits per heavy atom. The number of aliphatic hydroxyl groups excluding tert-OH is 1. The van der Waals surface area contributed by atoms with E-state index in [0.717, 1.165) is 11.3 Å². The monoisotopic (exact) mass is 223 g/mol. The van der Waals surface area contributed by atoms with Crippen molar-refractivity contribution in [2.45, 2.75) is 11.5 Å². The van der Waals surface area contributed by atoms with Crippen LogP contribution in [0.2, 0.25) is 0 Å². The van der Waals surface area contributed by atoms with Crippen LogP contribution in [0.1, 0.15) is 5.56 Å². The minimum absolute atomic E-state index is 0.245. The van der Waals surface area contributed by atoms with Crippen molar-refractivity contribution in [2.24, 2.45) is 5.73 Å². The smallest absolute Gasteiger partial charge is 0.118 e. The summed E-state index contributed by atoms with van der Waals surface area (Å²) >= 11 is 0. The van der Waals surface area contributed by atoms with Crippen LogP contribution in [0.3, 0.4) is 0 Å². The molecule has 1 fully saturated rings. The first-order valence-corrected chi connectivity index (χ1v) is 5.33. The number of hydrogen-bond donors (Lipinski definition) is 2. The molecular weight excluding hydrogens is 206 g/mol. The lowest BCUT2D eigenvalue weighted by atomic mass is 9.74. The molecule has 88 valence electrons. The molecule has 0 aliphatic carbocycles. The van der Waals surface area contributed by atoms with Gasteiger partial charge in [0.2, 0.25) is 0 Å². The third-order valence-corrected chi connectivity index (χ3v) is 3.25. The van der Waals surface area contributed by atoms with Crippen molar-refractivity contribution in [2.75, 3.05) is 26.9 Å². The number of benzene rings is 1. The van der Waals surface area contributed by atoms with Crippen molar-refractivity contribution in [1.29, 1.82) is 0 Å². The fraction of sp³-hybridized carbons (Fsp3) is 0.500. The van der Waals surface area contributed by atoms with Crippen LogP contribution >= 0.6 is 0 Å². The van der Waals surface area contributed by atoms with Gasteiger partial charge in [0.15, 0.2) is 0 Å². The van der Waals surface area contributed by atoms with Crippen LogP contribution in [0.15, 0.2) is 24.3 Å². The minimum Gasteiger partial charge on any atom is -0.497 e. The number of rotatable bonds is 4. The third kappa shape index (κ3) is 1.69. The highest BCUT2D eigenvalue weighted by Crippen LogP contribution is 2.36. The predicted octanol–water partition coefficient (Wildman–Crippen LogP) is 0.283. The lowest BCUT2D eigenvalue weighted by molar-refractivity contribution is -0.116. The predicted molar refractivity (Wildman–Crippen MR) is 60.6 cm³/mol.